The molecule has 0 amide bonds. The Morgan fingerprint density at radius 2 is 2.14 bits per heavy atom. The summed E-state index contributed by atoms with van der Waals surface area (Å²) in [5.41, 5.74) is 1.86. The van der Waals surface area contributed by atoms with Crippen LogP contribution in [0.2, 0.25) is 0 Å². The molecule has 21 heavy (non-hydrogen) atoms. The summed E-state index contributed by atoms with van der Waals surface area (Å²) in [5, 5.41) is 14.6. The molecule has 0 aromatic heterocycles. The fraction of sp³-hybridized carbons (Fsp3) is 0.647. The van der Waals surface area contributed by atoms with Gasteiger partial charge in [0.1, 0.15) is 0 Å². The molecule has 0 spiro atoms. The van der Waals surface area contributed by atoms with E-state index < -0.39 is 0 Å². The van der Waals surface area contributed by atoms with E-state index in [1.54, 1.807) is 12.1 Å². The van der Waals surface area contributed by atoms with Gasteiger partial charge in [-0.25, -0.2) is 0 Å². The number of nitrogens with zero attached hydrogens (tertiary/aromatic N) is 1. The van der Waals surface area contributed by atoms with E-state index in [0.717, 1.165) is 29.5 Å². The summed E-state index contributed by atoms with van der Waals surface area (Å²) in [6.45, 7) is 6.39. The van der Waals surface area contributed by atoms with E-state index in [9.17, 15) is 10.1 Å². The molecule has 1 aliphatic rings. The number of benzene rings is 1. The molecule has 1 saturated carbocycles. The van der Waals surface area contributed by atoms with Crippen LogP contribution < -0.4 is 5.32 Å². The van der Waals surface area contributed by atoms with Crippen LogP contribution in [-0.4, -0.2) is 11.0 Å². The van der Waals surface area contributed by atoms with Crippen molar-refractivity contribution in [3.8, 4) is 0 Å². The zero-order chi connectivity index (χ0) is 15.4. The Hall–Kier alpha value is -1.58. The number of nitro groups is 1. The largest absolute Gasteiger partial charge is 0.382 e. The lowest BCUT2D eigenvalue weighted by atomic mass is 9.81. The lowest BCUT2D eigenvalue weighted by Crippen LogP contribution is -2.28. The number of anilines is 1. The van der Waals surface area contributed by atoms with Crippen LogP contribution in [0.3, 0.4) is 0 Å². The molecule has 1 fully saturated rings. The van der Waals surface area contributed by atoms with Crippen LogP contribution in [0.4, 0.5) is 11.4 Å². The molecule has 2 atom stereocenters. The molecule has 1 N–H and O–H groups in total. The highest BCUT2D eigenvalue weighted by molar-refractivity contribution is 5.60. The van der Waals surface area contributed by atoms with Gasteiger partial charge in [0.2, 0.25) is 0 Å². The Labute approximate surface area is 127 Å². The van der Waals surface area contributed by atoms with E-state index >= 15 is 0 Å². The Morgan fingerprint density at radius 1 is 1.38 bits per heavy atom. The molecule has 2 rings (SSSR count). The van der Waals surface area contributed by atoms with E-state index in [1.165, 1.54) is 25.7 Å². The molecule has 4 nitrogen and oxygen atoms in total. The Bertz CT molecular complexity index is 500. The van der Waals surface area contributed by atoms with Crippen molar-refractivity contribution in [2.75, 3.05) is 5.32 Å². The quantitative estimate of drug-likeness (QED) is 0.618. The second kappa shape index (κ2) is 6.92. The van der Waals surface area contributed by atoms with Crippen molar-refractivity contribution in [2.45, 2.75) is 58.9 Å². The Balaban J connectivity index is 2.04. The highest BCUT2D eigenvalue weighted by atomic mass is 16.6. The van der Waals surface area contributed by atoms with Gasteiger partial charge in [-0.2, -0.15) is 0 Å². The predicted molar refractivity (Wildman–Crippen MR) is 86.7 cm³/mol. The minimum absolute atomic E-state index is 0.203. The van der Waals surface area contributed by atoms with Crippen molar-refractivity contribution in [3.63, 3.8) is 0 Å². The average Bonchev–Trinajstić information content (AvgIpc) is 2.40. The molecule has 0 bridgehead atoms. The van der Waals surface area contributed by atoms with Gasteiger partial charge in [-0.15, -0.1) is 0 Å². The highest BCUT2D eigenvalue weighted by Gasteiger charge is 2.23. The molecular weight excluding hydrogens is 264 g/mol. The summed E-state index contributed by atoms with van der Waals surface area (Å²) in [6, 6.07) is 5.74. The van der Waals surface area contributed by atoms with Gasteiger partial charge in [0.15, 0.2) is 0 Å². The summed E-state index contributed by atoms with van der Waals surface area (Å²) in [6.07, 6.45) is 6.20. The third-order valence-corrected chi connectivity index (χ3v) is 4.45. The van der Waals surface area contributed by atoms with E-state index in [1.807, 2.05) is 13.0 Å². The Kier molecular flexibility index (Phi) is 5.21. The van der Waals surface area contributed by atoms with Crippen LogP contribution in [0.1, 0.15) is 51.5 Å². The molecule has 0 saturated heterocycles. The first-order valence-electron chi connectivity index (χ1n) is 7.98. The van der Waals surface area contributed by atoms with Crippen LogP contribution >= 0.6 is 0 Å². The molecular formula is C17H26N2O2. The summed E-state index contributed by atoms with van der Waals surface area (Å²) in [5.74, 6) is 1.53. The van der Waals surface area contributed by atoms with Gasteiger partial charge in [0, 0.05) is 23.4 Å². The molecule has 0 heterocycles. The number of hydrogen-bond acceptors (Lipinski definition) is 3. The predicted octanol–water partition coefficient (Wildman–Crippen LogP) is 4.92. The van der Waals surface area contributed by atoms with Gasteiger partial charge in [0.25, 0.3) is 5.69 Å². The van der Waals surface area contributed by atoms with Crippen molar-refractivity contribution < 1.29 is 4.92 Å². The number of nitrogens with one attached hydrogen (secondary N) is 1. The van der Waals surface area contributed by atoms with Crippen LogP contribution in [0.25, 0.3) is 0 Å². The molecule has 2 unspecified atom stereocenters. The standard InChI is InChI=1S/C17H26N2O2/c1-12(2)10-14-6-4-7-15(11-14)18-16-8-5-9-17(13(16)3)19(20)21/h5,8-9,12,14-15,18H,4,6-7,10-11H2,1-3H3. The van der Waals surface area contributed by atoms with Crippen LogP contribution in [0.15, 0.2) is 18.2 Å². The molecule has 1 aromatic carbocycles. The summed E-state index contributed by atoms with van der Waals surface area (Å²) < 4.78 is 0. The smallest absolute Gasteiger partial charge is 0.274 e. The van der Waals surface area contributed by atoms with Gasteiger partial charge in [-0.3, -0.25) is 10.1 Å². The first kappa shape index (κ1) is 15.8. The highest BCUT2D eigenvalue weighted by Crippen LogP contribution is 2.33. The molecule has 116 valence electrons. The molecule has 1 aromatic rings. The lowest BCUT2D eigenvalue weighted by molar-refractivity contribution is -0.385. The fourth-order valence-corrected chi connectivity index (χ4v) is 3.50. The van der Waals surface area contributed by atoms with E-state index in [2.05, 4.69) is 19.2 Å². The van der Waals surface area contributed by atoms with Gasteiger partial charge in [0.05, 0.1) is 4.92 Å². The maximum atomic E-state index is 11.0. The molecule has 1 aliphatic carbocycles. The summed E-state index contributed by atoms with van der Waals surface area (Å²) in [7, 11) is 0. The summed E-state index contributed by atoms with van der Waals surface area (Å²) in [4.78, 5) is 10.7. The van der Waals surface area contributed by atoms with Crippen LogP contribution in [0.5, 0.6) is 0 Å². The maximum Gasteiger partial charge on any atom is 0.274 e. The van der Waals surface area contributed by atoms with Gasteiger partial charge >= 0.3 is 0 Å². The first-order valence-corrected chi connectivity index (χ1v) is 7.98. The number of nitro benzene ring substituents is 1. The van der Waals surface area contributed by atoms with Crippen LogP contribution in [0, 0.1) is 28.9 Å². The molecule has 0 radical (unpaired) electrons. The van der Waals surface area contributed by atoms with E-state index in [4.69, 9.17) is 0 Å². The monoisotopic (exact) mass is 290 g/mol. The van der Waals surface area contributed by atoms with E-state index in [-0.39, 0.29) is 10.6 Å². The van der Waals surface area contributed by atoms with Crippen molar-refractivity contribution >= 4 is 11.4 Å². The second-order valence-corrected chi connectivity index (χ2v) is 6.71. The minimum atomic E-state index is -0.303. The van der Waals surface area contributed by atoms with Crippen molar-refractivity contribution in [3.05, 3.63) is 33.9 Å². The normalized spacial score (nSPS) is 22.3. The fourth-order valence-electron chi connectivity index (χ4n) is 3.50. The topological polar surface area (TPSA) is 55.2 Å². The van der Waals surface area contributed by atoms with Gasteiger partial charge in [-0.05, 0) is 44.1 Å². The number of hydrogen-bond donors (Lipinski definition) is 1. The van der Waals surface area contributed by atoms with Crippen molar-refractivity contribution in [1.29, 1.82) is 0 Å². The SMILES string of the molecule is Cc1c(NC2CCCC(CC(C)C)C2)cccc1[N+](=O)[O-]. The van der Waals surface area contributed by atoms with Crippen molar-refractivity contribution in [1.82, 2.24) is 0 Å². The zero-order valence-electron chi connectivity index (χ0n) is 13.3. The third-order valence-electron chi connectivity index (χ3n) is 4.45. The van der Waals surface area contributed by atoms with Crippen molar-refractivity contribution in [2.24, 2.45) is 11.8 Å². The van der Waals surface area contributed by atoms with Gasteiger partial charge in [-0.1, -0.05) is 32.8 Å². The lowest BCUT2D eigenvalue weighted by Gasteiger charge is -2.31. The van der Waals surface area contributed by atoms with Gasteiger partial charge < -0.3 is 5.32 Å². The Morgan fingerprint density at radius 3 is 2.81 bits per heavy atom. The average molecular weight is 290 g/mol. The molecule has 0 aliphatic heterocycles. The van der Waals surface area contributed by atoms with Crippen LogP contribution in [-0.2, 0) is 0 Å². The third kappa shape index (κ3) is 4.19. The summed E-state index contributed by atoms with van der Waals surface area (Å²) >= 11 is 0. The maximum absolute atomic E-state index is 11.0. The molecule has 4 heteroatoms. The minimum Gasteiger partial charge on any atom is -0.382 e. The van der Waals surface area contributed by atoms with E-state index in [0.29, 0.717) is 6.04 Å². The number of rotatable bonds is 5. The zero-order valence-corrected chi connectivity index (χ0v) is 13.3. The second-order valence-electron chi connectivity index (χ2n) is 6.71. The first-order chi connectivity index (χ1) is 9.97.